The molecule has 1 fully saturated rings. The van der Waals surface area contributed by atoms with E-state index in [-0.39, 0.29) is 5.97 Å². The van der Waals surface area contributed by atoms with Gasteiger partial charge < -0.3 is 10.1 Å². The summed E-state index contributed by atoms with van der Waals surface area (Å²) in [7, 11) is 0. The van der Waals surface area contributed by atoms with E-state index in [9.17, 15) is 4.79 Å². The van der Waals surface area contributed by atoms with Crippen LogP contribution in [0.2, 0.25) is 0 Å². The Kier molecular flexibility index (Phi) is 6.58. The molecular weight excluding hydrogens is 250 g/mol. The lowest BCUT2D eigenvalue weighted by atomic mass is 9.95. The molecule has 0 aromatic heterocycles. The van der Waals surface area contributed by atoms with Gasteiger partial charge in [0, 0.05) is 6.42 Å². The van der Waals surface area contributed by atoms with Crippen LogP contribution in [0.1, 0.15) is 37.7 Å². The Morgan fingerprint density at radius 1 is 1.30 bits per heavy atom. The predicted molar refractivity (Wildman–Crippen MR) is 80.5 cm³/mol. The SMILES string of the molecule is O=C(CCC1CCCNC1)OCCCc1ccccc1. The summed E-state index contributed by atoms with van der Waals surface area (Å²) in [5, 5.41) is 3.38. The molecule has 2 rings (SSSR count). The summed E-state index contributed by atoms with van der Waals surface area (Å²) in [4.78, 5) is 11.7. The molecule has 0 aliphatic carbocycles. The lowest BCUT2D eigenvalue weighted by molar-refractivity contribution is -0.144. The van der Waals surface area contributed by atoms with E-state index in [2.05, 4.69) is 17.4 Å². The highest BCUT2D eigenvalue weighted by Crippen LogP contribution is 2.16. The van der Waals surface area contributed by atoms with Gasteiger partial charge >= 0.3 is 5.97 Å². The number of piperidine rings is 1. The Hall–Kier alpha value is -1.35. The van der Waals surface area contributed by atoms with Crippen LogP contribution in [0, 0.1) is 5.92 Å². The molecule has 0 spiro atoms. The Morgan fingerprint density at radius 3 is 2.90 bits per heavy atom. The van der Waals surface area contributed by atoms with E-state index in [1.54, 1.807) is 0 Å². The van der Waals surface area contributed by atoms with Gasteiger partial charge in [0.25, 0.3) is 0 Å². The first-order valence-electron chi connectivity index (χ1n) is 7.75. The normalized spacial score (nSPS) is 18.7. The first-order chi connectivity index (χ1) is 9.84. The van der Waals surface area contributed by atoms with Gasteiger partial charge in [0.15, 0.2) is 0 Å². The minimum Gasteiger partial charge on any atom is -0.466 e. The fraction of sp³-hybridized carbons (Fsp3) is 0.588. The summed E-state index contributed by atoms with van der Waals surface area (Å²) in [6, 6.07) is 10.3. The van der Waals surface area contributed by atoms with E-state index in [1.807, 2.05) is 18.2 Å². The van der Waals surface area contributed by atoms with Crippen molar-refractivity contribution in [1.29, 1.82) is 0 Å². The molecule has 1 N–H and O–H groups in total. The number of rotatable bonds is 7. The van der Waals surface area contributed by atoms with Crippen molar-refractivity contribution < 1.29 is 9.53 Å². The molecule has 1 saturated heterocycles. The number of nitrogens with one attached hydrogen (secondary N) is 1. The standard InChI is InChI=1S/C17H25NO2/c19-17(11-10-16-8-4-12-18-14-16)20-13-5-9-15-6-2-1-3-7-15/h1-3,6-7,16,18H,4-5,8-14H2. The second-order valence-corrected chi connectivity index (χ2v) is 5.56. The smallest absolute Gasteiger partial charge is 0.305 e. The molecule has 20 heavy (non-hydrogen) atoms. The van der Waals surface area contributed by atoms with Gasteiger partial charge in [-0.3, -0.25) is 4.79 Å². The number of hydrogen-bond donors (Lipinski definition) is 1. The van der Waals surface area contributed by atoms with Gasteiger partial charge in [-0.15, -0.1) is 0 Å². The molecule has 1 atom stereocenters. The van der Waals surface area contributed by atoms with Crippen LogP contribution in [-0.2, 0) is 16.0 Å². The molecule has 1 unspecified atom stereocenters. The monoisotopic (exact) mass is 275 g/mol. The number of hydrogen-bond acceptors (Lipinski definition) is 3. The average Bonchev–Trinajstić information content (AvgIpc) is 2.52. The number of aryl methyl sites for hydroxylation is 1. The summed E-state index contributed by atoms with van der Waals surface area (Å²) in [6.45, 7) is 2.72. The van der Waals surface area contributed by atoms with E-state index in [1.165, 1.54) is 18.4 Å². The van der Waals surface area contributed by atoms with Crippen molar-refractivity contribution in [3.8, 4) is 0 Å². The van der Waals surface area contributed by atoms with Gasteiger partial charge in [0.05, 0.1) is 6.61 Å². The maximum Gasteiger partial charge on any atom is 0.305 e. The van der Waals surface area contributed by atoms with Crippen molar-refractivity contribution in [3.63, 3.8) is 0 Å². The fourth-order valence-electron chi connectivity index (χ4n) is 2.67. The largest absolute Gasteiger partial charge is 0.466 e. The number of carbonyl (C=O) groups excluding carboxylic acids is 1. The summed E-state index contributed by atoms with van der Waals surface area (Å²) in [5.74, 6) is 0.615. The van der Waals surface area contributed by atoms with Crippen molar-refractivity contribution in [2.75, 3.05) is 19.7 Å². The fourth-order valence-corrected chi connectivity index (χ4v) is 2.67. The van der Waals surface area contributed by atoms with Crippen molar-refractivity contribution >= 4 is 5.97 Å². The summed E-state index contributed by atoms with van der Waals surface area (Å²) >= 11 is 0. The van der Waals surface area contributed by atoms with Crippen molar-refractivity contribution in [2.45, 2.75) is 38.5 Å². The van der Waals surface area contributed by atoms with Crippen LogP contribution in [0.25, 0.3) is 0 Å². The lowest BCUT2D eigenvalue weighted by Crippen LogP contribution is -2.30. The summed E-state index contributed by atoms with van der Waals surface area (Å²) in [5.41, 5.74) is 1.30. The van der Waals surface area contributed by atoms with Gasteiger partial charge in [-0.05, 0) is 56.7 Å². The molecule has 0 amide bonds. The molecule has 1 aromatic carbocycles. The van der Waals surface area contributed by atoms with E-state index in [0.717, 1.165) is 32.4 Å². The van der Waals surface area contributed by atoms with Crippen molar-refractivity contribution in [2.24, 2.45) is 5.92 Å². The predicted octanol–water partition coefficient (Wildman–Crippen LogP) is 2.94. The zero-order valence-electron chi connectivity index (χ0n) is 12.1. The highest BCUT2D eigenvalue weighted by atomic mass is 16.5. The van der Waals surface area contributed by atoms with Gasteiger partial charge in [-0.1, -0.05) is 30.3 Å². The van der Waals surface area contributed by atoms with E-state index < -0.39 is 0 Å². The van der Waals surface area contributed by atoms with Crippen LogP contribution in [0.3, 0.4) is 0 Å². The first-order valence-corrected chi connectivity index (χ1v) is 7.75. The lowest BCUT2D eigenvalue weighted by Gasteiger charge is -2.22. The van der Waals surface area contributed by atoms with Crippen LogP contribution in [-0.4, -0.2) is 25.7 Å². The van der Waals surface area contributed by atoms with Gasteiger partial charge in [-0.25, -0.2) is 0 Å². The van der Waals surface area contributed by atoms with Gasteiger partial charge in [-0.2, -0.15) is 0 Å². The minimum absolute atomic E-state index is 0.0383. The zero-order chi connectivity index (χ0) is 14.0. The van der Waals surface area contributed by atoms with Crippen LogP contribution in [0.4, 0.5) is 0 Å². The quantitative estimate of drug-likeness (QED) is 0.614. The van der Waals surface area contributed by atoms with Crippen LogP contribution in [0.5, 0.6) is 0 Å². The number of carbonyl (C=O) groups is 1. The number of ether oxygens (including phenoxy) is 1. The van der Waals surface area contributed by atoms with Gasteiger partial charge in [0.2, 0.25) is 0 Å². The second kappa shape index (κ2) is 8.75. The zero-order valence-corrected chi connectivity index (χ0v) is 12.1. The van der Waals surface area contributed by atoms with Crippen LogP contribution in [0.15, 0.2) is 30.3 Å². The molecule has 0 bridgehead atoms. The first kappa shape index (κ1) is 15.0. The third-order valence-corrected chi connectivity index (χ3v) is 3.87. The average molecular weight is 275 g/mol. The Labute approximate surface area is 121 Å². The van der Waals surface area contributed by atoms with E-state index in [0.29, 0.717) is 18.9 Å². The number of benzene rings is 1. The molecule has 1 aliphatic heterocycles. The molecule has 0 radical (unpaired) electrons. The van der Waals surface area contributed by atoms with Crippen LogP contribution < -0.4 is 5.32 Å². The summed E-state index contributed by atoms with van der Waals surface area (Å²) < 4.78 is 5.30. The maximum absolute atomic E-state index is 11.7. The van der Waals surface area contributed by atoms with Crippen LogP contribution >= 0.6 is 0 Å². The molecule has 0 saturated carbocycles. The molecule has 1 heterocycles. The Bertz CT molecular complexity index is 385. The van der Waals surface area contributed by atoms with Gasteiger partial charge in [0.1, 0.15) is 0 Å². The maximum atomic E-state index is 11.7. The van der Waals surface area contributed by atoms with Crippen molar-refractivity contribution in [3.05, 3.63) is 35.9 Å². The van der Waals surface area contributed by atoms with E-state index >= 15 is 0 Å². The van der Waals surface area contributed by atoms with E-state index in [4.69, 9.17) is 4.74 Å². The Morgan fingerprint density at radius 2 is 2.15 bits per heavy atom. The topological polar surface area (TPSA) is 38.3 Å². The third-order valence-electron chi connectivity index (χ3n) is 3.87. The molecule has 1 aliphatic rings. The Balaban J connectivity index is 1.51. The molecule has 3 nitrogen and oxygen atoms in total. The molecule has 3 heteroatoms. The number of esters is 1. The summed E-state index contributed by atoms with van der Waals surface area (Å²) in [6.07, 6.45) is 5.88. The molecular formula is C17H25NO2. The van der Waals surface area contributed by atoms with Crippen molar-refractivity contribution in [1.82, 2.24) is 5.32 Å². The third kappa shape index (κ3) is 5.74. The highest BCUT2D eigenvalue weighted by molar-refractivity contribution is 5.69. The molecule has 110 valence electrons. The molecule has 1 aromatic rings. The second-order valence-electron chi connectivity index (χ2n) is 5.56. The minimum atomic E-state index is -0.0383. The highest BCUT2D eigenvalue weighted by Gasteiger charge is 2.14.